The number of carboxylic acids is 1. The molecule has 8 nitrogen and oxygen atoms in total. The van der Waals surface area contributed by atoms with Gasteiger partial charge in [0, 0.05) is 0 Å². The van der Waals surface area contributed by atoms with Crippen molar-refractivity contribution in [2.75, 3.05) is 24.6 Å². The third-order valence-corrected chi connectivity index (χ3v) is 4.16. The largest absolute Gasteiger partial charge is 0.480 e. The van der Waals surface area contributed by atoms with Gasteiger partial charge in [0.25, 0.3) is 0 Å². The van der Waals surface area contributed by atoms with Gasteiger partial charge in [-0.25, -0.2) is 8.42 Å². The van der Waals surface area contributed by atoms with Crippen LogP contribution in [-0.4, -0.2) is 72.1 Å². The van der Waals surface area contributed by atoms with E-state index >= 15 is 0 Å². The molecule has 0 spiro atoms. The van der Waals surface area contributed by atoms with Gasteiger partial charge in [0.2, 0.25) is 5.91 Å². The third kappa shape index (κ3) is 3.95. The van der Waals surface area contributed by atoms with Crippen LogP contribution in [0.2, 0.25) is 0 Å². The van der Waals surface area contributed by atoms with Crippen molar-refractivity contribution in [1.29, 1.82) is 0 Å². The zero-order valence-electron chi connectivity index (χ0n) is 8.94. The Bertz CT molecular complexity index is 404. The van der Waals surface area contributed by atoms with Crippen molar-refractivity contribution in [3.63, 3.8) is 0 Å². The van der Waals surface area contributed by atoms with E-state index in [4.69, 9.17) is 10.8 Å². The molecule has 2 unspecified atom stereocenters. The maximum absolute atomic E-state index is 11.3. The van der Waals surface area contributed by atoms with Gasteiger partial charge in [-0.05, 0) is 0 Å². The summed E-state index contributed by atoms with van der Waals surface area (Å²) in [6.07, 6.45) is -1.20. The lowest BCUT2D eigenvalue weighted by Crippen LogP contribution is -2.49. The maximum Gasteiger partial charge on any atom is 0.317 e. The van der Waals surface area contributed by atoms with E-state index in [2.05, 4.69) is 0 Å². The molecule has 0 aromatic heterocycles. The molecule has 1 rings (SSSR count). The van der Waals surface area contributed by atoms with E-state index in [9.17, 15) is 23.1 Å². The predicted octanol–water partition coefficient (Wildman–Crippen LogP) is -2.98. The first-order valence-electron chi connectivity index (χ1n) is 4.84. The van der Waals surface area contributed by atoms with E-state index < -0.39 is 52.7 Å². The van der Waals surface area contributed by atoms with Crippen molar-refractivity contribution in [2.24, 2.45) is 5.73 Å². The summed E-state index contributed by atoms with van der Waals surface area (Å²) in [5, 5.41) is 18.2. The molecule has 9 heteroatoms. The lowest BCUT2D eigenvalue weighted by Gasteiger charge is -2.26. The second kappa shape index (κ2) is 4.98. The fourth-order valence-corrected chi connectivity index (χ4v) is 3.66. The smallest absolute Gasteiger partial charge is 0.317 e. The van der Waals surface area contributed by atoms with Gasteiger partial charge in [-0.2, -0.15) is 0 Å². The number of primary amides is 1. The lowest BCUT2D eigenvalue weighted by atomic mass is 10.2. The van der Waals surface area contributed by atoms with Crippen molar-refractivity contribution in [3.8, 4) is 0 Å². The Morgan fingerprint density at radius 3 is 2.24 bits per heavy atom. The molecule has 17 heavy (non-hydrogen) atoms. The summed E-state index contributed by atoms with van der Waals surface area (Å²) in [6, 6.07) is -0.899. The molecule has 0 aliphatic carbocycles. The number of amides is 1. The summed E-state index contributed by atoms with van der Waals surface area (Å²) < 4.78 is 22.6. The number of nitrogens with two attached hydrogens (primary N) is 1. The quantitative estimate of drug-likeness (QED) is 0.482. The highest BCUT2D eigenvalue weighted by molar-refractivity contribution is 7.91. The highest BCUT2D eigenvalue weighted by Gasteiger charge is 2.40. The first-order chi connectivity index (χ1) is 7.71. The summed E-state index contributed by atoms with van der Waals surface area (Å²) in [6.45, 7) is -0.941. The third-order valence-electron chi connectivity index (χ3n) is 2.46. The van der Waals surface area contributed by atoms with E-state index in [0.717, 1.165) is 4.90 Å². The monoisotopic (exact) mass is 266 g/mol. The van der Waals surface area contributed by atoms with Crippen LogP contribution in [0.3, 0.4) is 0 Å². The molecule has 1 heterocycles. The standard InChI is InChI=1S/C8H14N2O6S/c9-7(12)1-10(2-8(13)14)5-3-17(15,16)4-6(5)11/h5-6,11H,1-4H2,(H2,9,12)(H,13,14). The van der Waals surface area contributed by atoms with Gasteiger partial charge >= 0.3 is 5.97 Å². The molecule has 0 aromatic carbocycles. The van der Waals surface area contributed by atoms with Crippen molar-refractivity contribution in [1.82, 2.24) is 4.90 Å². The zero-order valence-corrected chi connectivity index (χ0v) is 9.76. The minimum Gasteiger partial charge on any atom is -0.480 e. The SMILES string of the molecule is NC(=O)CN(CC(=O)O)C1CS(=O)(=O)CC1O. The van der Waals surface area contributed by atoms with Crippen LogP contribution >= 0.6 is 0 Å². The van der Waals surface area contributed by atoms with E-state index in [1.807, 2.05) is 0 Å². The van der Waals surface area contributed by atoms with Gasteiger partial charge in [0.05, 0.1) is 36.7 Å². The molecule has 0 aromatic rings. The summed E-state index contributed by atoms with van der Waals surface area (Å²) in [4.78, 5) is 22.4. The van der Waals surface area contributed by atoms with Crippen molar-refractivity contribution < 1.29 is 28.2 Å². The first kappa shape index (κ1) is 13.9. The fourth-order valence-electron chi connectivity index (χ4n) is 1.82. The molecule has 0 bridgehead atoms. The van der Waals surface area contributed by atoms with Gasteiger partial charge in [-0.15, -0.1) is 0 Å². The number of carbonyl (C=O) groups is 2. The van der Waals surface area contributed by atoms with Crippen LogP contribution in [0.1, 0.15) is 0 Å². The molecular weight excluding hydrogens is 252 g/mol. The van der Waals surface area contributed by atoms with Gasteiger partial charge in [0.15, 0.2) is 9.84 Å². The van der Waals surface area contributed by atoms with Crippen molar-refractivity contribution in [3.05, 3.63) is 0 Å². The highest BCUT2D eigenvalue weighted by atomic mass is 32.2. The van der Waals surface area contributed by atoms with Crippen molar-refractivity contribution in [2.45, 2.75) is 12.1 Å². The number of sulfone groups is 1. The summed E-state index contributed by atoms with van der Waals surface area (Å²) in [7, 11) is -3.40. The number of carbonyl (C=O) groups excluding carboxylic acids is 1. The second-order valence-corrected chi connectivity index (χ2v) is 6.13. The molecule has 0 radical (unpaired) electrons. The summed E-state index contributed by atoms with van der Waals surface area (Å²) in [5.41, 5.74) is 4.95. The highest BCUT2D eigenvalue weighted by Crippen LogP contribution is 2.18. The number of nitrogens with zero attached hydrogens (tertiary/aromatic N) is 1. The average molecular weight is 266 g/mol. The van der Waals surface area contributed by atoms with E-state index in [1.165, 1.54) is 0 Å². The minimum atomic E-state index is -3.40. The number of aliphatic hydroxyl groups is 1. The van der Waals surface area contributed by atoms with Crippen LogP contribution in [0, 0.1) is 0 Å². The zero-order chi connectivity index (χ0) is 13.2. The van der Waals surface area contributed by atoms with Crippen LogP contribution in [-0.2, 0) is 19.4 Å². The molecule has 1 aliphatic rings. The van der Waals surface area contributed by atoms with Crippen LogP contribution in [0.15, 0.2) is 0 Å². The molecule has 1 saturated heterocycles. The van der Waals surface area contributed by atoms with E-state index in [1.54, 1.807) is 0 Å². The predicted molar refractivity (Wildman–Crippen MR) is 56.9 cm³/mol. The van der Waals surface area contributed by atoms with Crippen LogP contribution in [0.25, 0.3) is 0 Å². The van der Waals surface area contributed by atoms with Gasteiger partial charge in [0.1, 0.15) is 0 Å². The van der Waals surface area contributed by atoms with Crippen LogP contribution < -0.4 is 5.73 Å². The Kier molecular flexibility index (Phi) is 4.07. The van der Waals surface area contributed by atoms with Crippen LogP contribution in [0.4, 0.5) is 0 Å². The number of aliphatic carboxylic acids is 1. The molecule has 1 fully saturated rings. The lowest BCUT2D eigenvalue weighted by molar-refractivity contribution is -0.139. The molecule has 1 amide bonds. The van der Waals surface area contributed by atoms with Gasteiger partial charge in [-0.1, -0.05) is 0 Å². The summed E-state index contributed by atoms with van der Waals surface area (Å²) in [5.74, 6) is -2.79. The molecule has 4 N–H and O–H groups in total. The topological polar surface area (TPSA) is 138 Å². The second-order valence-electron chi connectivity index (χ2n) is 3.98. The fraction of sp³-hybridized carbons (Fsp3) is 0.750. The Balaban J connectivity index is 2.83. The molecule has 98 valence electrons. The number of rotatable bonds is 5. The van der Waals surface area contributed by atoms with E-state index in [-0.39, 0.29) is 5.75 Å². The Morgan fingerprint density at radius 1 is 1.29 bits per heavy atom. The minimum absolute atomic E-state index is 0.366. The molecule has 2 atom stereocenters. The van der Waals surface area contributed by atoms with Crippen molar-refractivity contribution >= 4 is 21.7 Å². The Labute approximate surface area is 97.9 Å². The molecule has 1 aliphatic heterocycles. The number of hydrogen-bond acceptors (Lipinski definition) is 6. The van der Waals surface area contributed by atoms with Crippen LogP contribution in [0.5, 0.6) is 0 Å². The maximum atomic E-state index is 11.3. The number of aliphatic hydroxyl groups excluding tert-OH is 1. The average Bonchev–Trinajstić information content (AvgIpc) is 2.36. The first-order valence-corrected chi connectivity index (χ1v) is 6.66. The number of carboxylic acid groups (broad SMARTS) is 1. The van der Waals surface area contributed by atoms with Gasteiger partial charge < -0.3 is 15.9 Å². The Hall–Kier alpha value is -1.19. The van der Waals surface area contributed by atoms with Gasteiger partial charge in [-0.3, -0.25) is 14.5 Å². The summed E-state index contributed by atoms with van der Waals surface area (Å²) >= 11 is 0. The normalized spacial score (nSPS) is 27.2. The number of hydrogen-bond donors (Lipinski definition) is 3. The molecule has 0 saturated carbocycles. The Morgan fingerprint density at radius 2 is 1.88 bits per heavy atom. The van der Waals surface area contributed by atoms with E-state index in [0.29, 0.717) is 0 Å². The molecular formula is C8H14N2O6S.